The molecule has 0 atom stereocenters. The minimum Gasteiger partial charge on any atom is -0.351 e. The predicted molar refractivity (Wildman–Crippen MR) is 105 cm³/mol. The van der Waals surface area contributed by atoms with Gasteiger partial charge in [-0.15, -0.1) is 10.2 Å². The first-order chi connectivity index (χ1) is 13.7. The Balaban J connectivity index is 1.39. The molecule has 2 saturated heterocycles. The molecule has 4 rings (SSSR count). The van der Waals surface area contributed by atoms with Crippen molar-refractivity contribution in [2.24, 2.45) is 0 Å². The van der Waals surface area contributed by atoms with Crippen LogP contribution in [-0.2, 0) is 16.0 Å². The van der Waals surface area contributed by atoms with E-state index in [1.807, 2.05) is 29.2 Å². The van der Waals surface area contributed by atoms with Crippen molar-refractivity contribution in [1.29, 1.82) is 0 Å². The van der Waals surface area contributed by atoms with Crippen molar-refractivity contribution < 1.29 is 14.3 Å². The lowest BCUT2D eigenvalue weighted by Crippen LogP contribution is -2.47. The first kappa shape index (κ1) is 18.8. The van der Waals surface area contributed by atoms with Crippen LogP contribution in [0.3, 0.4) is 0 Å². The molecule has 0 bridgehead atoms. The Kier molecular flexibility index (Phi) is 5.54. The number of piperidine rings is 1. The molecule has 7 heteroatoms. The van der Waals surface area contributed by atoms with Gasteiger partial charge in [-0.3, -0.25) is 4.79 Å². The van der Waals surface area contributed by atoms with Gasteiger partial charge in [0.25, 0.3) is 5.91 Å². The molecule has 28 heavy (non-hydrogen) atoms. The third kappa shape index (κ3) is 4.00. The van der Waals surface area contributed by atoms with Crippen molar-refractivity contribution in [1.82, 2.24) is 15.1 Å². The smallest absolute Gasteiger partial charge is 0.274 e. The maximum Gasteiger partial charge on any atom is 0.274 e. The average molecular weight is 382 g/mol. The lowest BCUT2D eigenvalue weighted by molar-refractivity contribution is -0.181. The number of hydrogen-bond acceptors (Lipinski definition) is 6. The van der Waals surface area contributed by atoms with Crippen LogP contribution in [-0.4, -0.2) is 59.6 Å². The zero-order chi connectivity index (χ0) is 19.4. The zero-order valence-electron chi connectivity index (χ0n) is 16.2. The first-order valence-electron chi connectivity index (χ1n) is 9.89. The molecule has 1 aromatic heterocycles. The van der Waals surface area contributed by atoms with E-state index in [4.69, 9.17) is 9.47 Å². The normalized spacial score (nSPS) is 18.4. The van der Waals surface area contributed by atoms with Crippen LogP contribution < -0.4 is 4.90 Å². The molecule has 0 radical (unpaired) electrons. The molecule has 0 unspecified atom stereocenters. The predicted octanol–water partition coefficient (Wildman–Crippen LogP) is 2.48. The van der Waals surface area contributed by atoms with E-state index in [2.05, 4.69) is 34.2 Å². The number of aromatic nitrogens is 2. The molecule has 1 amide bonds. The van der Waals surface area contributed by atoms with Gasteiger partial charge in [0.1, 0.15) is 0 Å². The number of amides is 1. The molecule has 0 aliphatic carbocycles. The van der Waals surface area contributed by atoms with Gasteiger partial charge in [-0.25, -0.2) is 0 Å². The van der Waals surface area contributed by atoms with Crippen LogP contribution in [0.2, 0.25) is 0 Å². The Morgan fingerprint density at radius 2 is 1.79 bits per heavy atom. The first-order valence-corrected chi connectivity index (χ1v) is 9.89. The van der Waals surface area contributed by atoms with Crippen molar-refractivity contribution in [3.63, 3.8) is 0 Å². The molecule has 2 aromatic rings. The van der Waals surface area contributed by atoms with Crippen LogP contribution in [0.5, 0.6) is 0 Å². The fourth-order valence-corrected chi connectivity index (χ4v) is 3.76. The number of nitrogens with zero attached hydrogens (tertiary/aromatic N) is 4. The van der Waals surface area contributed by atoms with E-state index in [9.17, 15) is 4.79 Å². The van der Waals surface area contributed by atoms with E-state index in [-0.39, 0.29) is 5.91 Å². The number of likely N-dealkylation sites (tertiary alicyclic amines) is 1. The van der Waals surface area contributed by atoms with Crippen molar-refractivity contribution in [3.05, 3.63) is 53.7 Å². The Labute approximate surface area is 165 Å². The van der Waals surface area contributed by atoms with E-state index in [1.54, 1.807) is 6.07 Å². The number of carbonyl (C=O) groups is 1. The molecule has 0 N–H and O–H groups in total. The highest BCUT2D eigenvalue weighted by Crippen LogP contribution is 2.31. The van der Waals surface area contributed by atoms with Crippen LogP contribution in [0.4, 0.5) is 5.82 Å². The van der Waals surface area contributed by atoms with Gasteiger partial charge in [0, 0.05) is 39.0 Å². The molecule has 2 aliphatic heterocycles. The van der Waals surface area contributed by atoms with Gasteiger partial charge in [-0.05, 0) is 24.6 Å². The minimum atomic E-state index is -0.481. The van der Waals surface area contributed by atoms with Gasteiger partial charge in [0.2, 0.25) is 0 Å². The highest BCUT2D eigenvalue weighted by Gasteiger charge is 2.41. The van der Waals surface area contributed by atoms with Gasteiger partial charge < -0.3 is 19.3 Å². The molecule has 148 valence electrons. The third-order valence-corrected chi connectivity index (χ3v) is 5.42. The van der Waals surface area contributed by atoms with E-state index in [0.29, 0.717) is 44.8 Å². The summed E-state index contributed by atoms with van der Waals surface area (Å²) in [7, 11) is 0. The van der Waals surface area contributed by atoms with E-state index >= 15 is 0 Å². The fraction of sp³-hybridized carbons (Fsp3) is 0.476. The fourth-order valence-electron chi connectivity index (χ4n) is 3.76. The monoisotopic (exact) mass is 382 g/mol. The summed E-state index contributed by atoms with van der Waals surface area (Å²) in [6.07, 6.45) is 1.40. The number of ether oxygens (including phenoxy) is 2. The molecule has 1 aromatic carbocycles. The van der Waals surface area contributed by atoms with Crippen LogP contribution in [0.1, 0.15) is 35.8 Å². The van der Waals surface area contributed by atoms with Crippen molar-refractivity contribution >= 4 is 11.7 Å². The highest BCUT2D eigenvalue weighted by molar-refractivity contribution is 5.92. The Morgan fingerprint density at radius 3 is 2.39 bits per heavy atom. The quantitative estimate of drug-likeness (QED) is 0.791. The third-order valence-electron chi connectivity index (χ3n) is 5.42. The molecule has 1 spiro atoms. The minimum absolute atomic E-state index is 0.0852. The van der Waals surface area contributed by atoms with Gasteiger partial charge >= 0.3 is 0 Å². The van der Waals surface area contributed by atoms with Crippen LogP contribution >= 0.6 is 0 Å². The van der Waals surface area contributed by atoms with E-state index in [1.165, 1.54) is 5.56 Å². The Morgan fingerprint density at radius 1 is 1.07 bits per heavy atom. The summed E-state index contributed by atoms with van der Waals surface area (Å²) in [6, 6.07) is 13.9. The summed E-state index contributed by atoms with van der Waals surface area (Å²) >= 11 is 0. The van der Waals surface area contributed by atoms with Crippen LogP contribution in [0.25, 0.3) is 0 Å². The van der Waals surface area contributed by atoms with Gasteiger partial charge in [0.05, 0.1) is 13.2 Å². The second-order valence-corrected chi connectivity index (χ2v) is 7.18. The summed E-state index contributed by atoms with van der Waals surface area (Å²) in [6.45, 7) is 6.14. The summed E-state index contributed by atoms with van der Waals surface area (Å²) in [5, 5.41) is 8.52. The van der Waals surface area contributed by atoms with E-state index in [0.717, 1.165) is 18.9 Å². The molecular formula is C21H26N4O3. The topological polar surface area (TPSA) is 67.8 Å². The lowest BCUT2D eigenvalue weighted by atomic mass is 10.0. The Hall–Kier alpha value is -2.51. The Bertz CT molecular complexity index is 781. The number of carbonyl (C=O) groups excluding carboxylic acids is 1. The second kappa shape index (κ2) is 8.24. The highest BCUT2D eigenvalue weighted by atomic mass is 16.7. The SMILES string of the molecule is CCN(Cc1ccccc1)c1ccc(C(=O)N2CCC3(CC2)OCCO3)nn1. The van der Waals surface area contributed by atoms with Crippen LogP contribution in [0.15, 0.2) is 42.5 Å². The van der Waals surface area contributed by atoms with Crippen molar-refractivity contribution in [2.75, 3.05) is 37.7 Å². The molecule has 2 fully saturated rings. The summed E-state index contributed by atoms with van der Waals surface area (Å²) in [5.74, 6) is 0.206. The largest absolute Gasteiger partial charge is 0.351 e. The number of benzene rings is 1. The molecule has 0 saturated carbocycles. The van der Waals surface area contributed by atoms with Crippen molar-refractivity contribution in [3.8, 4) is 0 Å². The summed E-state index contributed by atoms with van der Waals surface area (Å²) in [4.78, 5) is 16.7. The maximum absolute atomic E-state index is 12.8. The molecule has 2 aliphatic rings. The van der Waals surface area contributed by atoms with Gasteiger partial charge in [-0.2, -0.15) is 0 Å². The molecular weight excluding hydrogens is 356 g/mol. The molecule has 7 nitrogen and oxygen atoms in total. The van der Waals surface area contributed by atoms with Crippen molar-refractivity contribution in [2.45, 2.75) is 32.1 Å². The van der Waals surface area contributed by atoms with Crippen LogP contribution in [0, 0.1) is 0 Å². The standard InChI is InChI=1S/C21H26N4O3/c1-2-24(16-17-6-4-3-5-7-17)19-9-8-18(22-23-19)20(26)25-12-10-21(11-13-25)27-14-15-28-21/h3-9H,2,10-16H2,1H3. The maximum atomic E-state index is 12.8. The van der Waals surface area contributed by atoms with E-state index < -0.39 is 5.79 Å². The van der Waals surface area contributed by atoms with Gasteiger partial charge in [0.15, 0.2) is 17.3 Å². The number of rotatable bonds is 5. The van der Waals surface area contributed by atoms with Gasteiger partial charge in [-0.1, -0.05) is 30.3 Å². The second-order valence-electron chi connectivity index (χ2n) is 7.18. The zero-order valence-corrected chi connectivity index (χ0v) is 16.2. The number of anilines is 1. The summed E-state index contributed by atoms with van der Waals surface area (Å²) < 4.78 is 11.4. The number of hydrogen-bond donors (Lipinski definition) is 0. The average Bonchev–Trinajstić information content (AvgIpc) is 3.21. The summed E-state index contributed by atoms with van der Waals surface area (Å²) in [5.41, 5.74) is 1.59. The molecule has 3 heterocycles. The lowest BCUT2D eigenvalue weighted by Gasteiger charge is -2.37.